The van der Waals surface area contributed by atoms with Crippen LogP contribution in [0, 0.1) is 11.3 Å². The van der Waals surface area contributed by atoms with Crippen molar-refractivity contribution in [3.8, 4) is 0 Å². The lowest BCUT2D eigenvalue weighted by Gasteiger charge is -2.50. The number of carbonyl (C=O) groups excluding carboxylic acids is 1. The molecule has 0 unspecified atom stereocenters. The van der Waals surface area contributed by atoms with Crippen molar-refractivity contribution in [3.05, 3.63) is 0 Å². The van der Waals surface area contributed by atoms with Gasteiger partial charge in [-0.2, -0.15) is 0 Å². The SMILES string of the molecule is O=C1NCC2(CO)CC1C2. The zero-order valence-electron chi connectivity index (χ0n) is 5.76. The average molecular weight is 141 g/mol. The van der Waals surface area contributed by atoms with Gasteiger partial charge in [-0.1, -0.05) is 0 Å². The molecule has 0 aromatic carbocycles. The van der Waals surface area contributed by atoms with E-state index in [-0.39, 0.29) is 23.8 Å². The molecule has 3 nitrogen and oxygen atoms in total. The molecule has 3 aliphatic rings. The number of hydrogen-bond acceptors (Lipinski definition) is 2. The van der Waals surface area contributed by atoms with Gasteiger partial charge in [0, 0.05) is 17.9 Å². The second-order valence-electron chi connectivity index (χ2n) is 3.48. The molecule has 2 saturated heterocycles. The number of carbonyl (C=O) groups is 1. The van der Waals surface area contributed by atoms with Crippen molar-refractivity contribution in [2.24, 2.45) is 11.3 Å². The fourth-order valence-corrected chi connectivity index (χ4v) is 1.92. The van der Waals surface area contributed by atoms with Crippen molar-refractivity contribution in [3.63, 3.8) is 0 Å². The molecule has 56 valence electrons. The topological polar surface area (TPSA) is 49.3 Å². The molecule has 2 N–H and O–H groups in total. The minimum absolute atomic E-state index is 0.0680. The van der Waals surface area contributed by atoms with Gasteiger partial charge in [0.15, 0.2) is 0 Å². The molecule has 2 bridgehead atoms. The summed E-state index contributed by atoms with van der Waals surface area (Å²) in [6.07, 6.45) is 1.80. The van der Waals surface area contributed by atoms with E-state index in [1.165, 1.54) is 0 Å². The van der Waals surface area contributed by atoms with Gasteiger partial charge in [0.2, 0.25) is 5.91 Å². The van der Waals surface area contributed by atoms with Crippen LogP contribution in [0.5, 0.6) is 0 Å². The number of hydrogen-bond donors (Lipinski definition) is 2. The van der Waals surface area contributed by atoms with Gasteiger partial charge in [0.25, 0.3) is 0 Å². The monoisotopic (exact) mass is 141 g/mol. The number of fused-ring (bicyclic) bond motifs is 2. The van der Waals surface area contributed by atoms with E-state index in [1.54, 1.807) is 0 Å². The maximum absolute atomic E-state index is 10.9. The number of aliphatic hydroxyl groups is 1. The first-order valence-electron chi connectivity index (χ1n) is 3.64. The zero-order valence-corrected chi connectivity index (χ0v) is 5.76. The smallest absolute Gasteiger partial charge is 0.223 e. The Morgan fingerprint density at radius 1 is 1.70 bits per heavy atom. The van der Waals surface area contributed by atoms with Crippen molar-refractivity contribution < 1.29 is 9.90 Å². The number of nitrogens with one attached hydrogen (secondary N) is 1. The second-order valence-corrected chi connectivity index (χ2v) is 3.48. The maximum Gasteiger partial charge on any atom is 0.223 e. The minimum Gasteiger partial charge on any atom is -0.396 e. The van der Waals surface area contributed by atoms with Crippen LogP contribution in [-0.4, -0.2) is 24.2 Å². The fraction of sp³-hybridized carbons (Fsp3) is 0.857. The maximum atomic E-state index is 10.9. The lowest BCUT2D eigenvalue weighted by molar-refractivity contribution is -0.143. The summed E-state index contributed by atoms with van der Waals surface area (Å²) >= 11 is 0. The van der Waals surface area contributed by atoms with Crippen LogP contribution in [0.25, 0.3) is 0 Å². The van der Waals surface area contributed by atoms with Crippen LogP contribution in [-0.2, 0) is 4.79 Å². The number of rotatable bonds is 1. The summed E-state index contributed by atoms with van der Waals surface area (Å²) in [4.78, 5) is 10.9. The van der Waals surface area contributed by atoms with E-state index < -0.39 is 0 Å². The summed E-state index contributed by atoms with van der Waals surface area (Å²) < 4.78 is 0. The molecule has 2 aliphatic heterocycles. The quantitative estimate of drug-likeness (QED) is 0.517. The van der Waals surface area contributed by atoms with Crippen LogP contribution >= 0.6 is 0 Å². The van der Waals surface area contributed by atoms with Crippen molar-refractivity contribution in [2.75, 3.05) is 13.2 Å². The van der Waals surface area contributed by atoms with Crippen LogP contribution in [0.3, 0.4) is 0 Å². The molecule has 1 aliphatic carbocycles. The number of aliphatic hydroxyl groups excluding tert-OH is 1. The van der Waals surface area contributed by atoms with Gasteiger partial charge in [0.05, 0.1) is 6.61 Å². The highest BCUT2D eigenvalue weighted by Gasteiger charge is 2.50. The molecule has 1 amide bonds. The summed E-state index contributed by atoms with van der Waals surface area (Å²) in [5.74, 6) is 0.385. The highest BCUT2D eigenvalue weighted by molar-refractivity contribution is 5.81. The molecule has 3 fully saturated rings. The zero-order chi connectivity index (χ0) is 7.19. The average Bonchev–Trinajstić information content (AvgIpc) is 1.87. The molecular weight excluding hydrogens is 130 g/mol. The summed E-state index contributed by atoms with van der Waals surface area (Å²) in [7, 11) is 0. The first-order valence-corrected chi connectivity index (χ1v) is 3.64. The molecule has 0 spiro atoms. The molecule has 3 rings (SSSR count). The van der Waals surface area contributed by atoms with E-state index in [4.69, 9.17) is 5.11 Å². The van der Waals surface area contributed by atoms with Gasteiger partial charge in [-0.3, -0.25) is 4.79 Å². The standard InChI is InChI=1S/C7H11NO2/c9-4-7-1-5(2-7)6(10)8-3-7/h5,9H,1-4H2,(H,8,10). The van der Waals surface area contributed by atoms with Crippen LogP contribution in [0.4, 0.5) is 0 Å². The molecule has 0 radical (unpaired) electrons. The predicted molar refractivity (Wildman–Crippen MR) is 35.3 cm³/mol. The summed E-state index contributed by atoms with van der Waals surface area (Å²) in [5, 5.41) is 11.7. The third kappa shape index (κ3) is 0.611. The van der Waals surface area contributed by atoms with E-state index >= 15 is 0 Å². The number of amides is 1. The van der Waals surface area contributed by atoms with Crippen LogP contribution in [0.15, 0.2) is 0 Å². The fourth-order valence-electron chi connectivity index (χ4n) is 1.92. The Labute approximate surface area is 59.4 Å². The van der Waals surface area contributed by atoms with E-state index in [9.17, 15) is 4.79 Å². The van der Waals surface area contributed by atoms with E-state index in [0.717, 1.165) is 12.8 Å². The van der Waals surface area contributed by atoms with Crippen molar-refractivity contribution >= 4 is 5.91 Å². The molecule has 0 atom stereocenters. The van der Waals surface area contributed by atoms with Gasteiger partial charge < -0.3 is 10.4 Å². The Balaban J connectivity index is 2.08. The van der Waals surface area contributed by atoms with Gasteiger partial charge in [0.1, 0.15) is 0 Å². The summed E-state index contributed by atoms with van der Waals surface area (Å²) in [6, 6.07) is 0. The first-order chi connectivity index (χ1) is 4.76. The highest BCUT2D eigenvalue weighted by atomic mass is 16.3. The largest absolute Gasteiger partial charge is 0.396 e. The summed E-state index contributed by atoms with van der Waals surface area (Å²) in [5.41, 5.74) is 0.0680. The van der Waals surface area contributed by atoms with Crippen LogP contribution < -0.4 is 5.32 Å². The highest BCUT2D eigenvalue weighted by Crippen LogP contribution is 2.47. The Bertz CT molecular complexity index is 167. The third-order valence-electron chi connectivity index (χ3n) is 2.70. The van der Waals surface area contributed by atoms with Gasteiger partial charge in [-0.15, -0.1) is 0 Å². The van der Waals surface area contributed by atoms with Crippen molar-refractivity contribution in [2.45, 2.75) is 12.8 Å². The van der Waals surface area contributed by atoms with Crippen LogP contribution in [0.1, 0.15) is 12.8 Å². The Hall–Kier alpha value is -0.570. The molecule has 0 aromatic heterocycles. The lowest BCUT2D eigenvalue weighted by atomic mass is 9.59. The van der Waals surface area contributed by atoms with Gasteiger partial charge in [-0.25, -0.2) is 0 Å². The minimum atomic E-state index is 0.0680. The second kappa shape index (κ2) is 1.72. The molecule has 10 heavy (non-hydrogen) atoms. The van der Waals surface area contributed by atoms with Gasteiger partial charge >= 0.3 is 0 Å². The number of piperidine rings is 2. The Morgan fingerprint density at radius 3 is 2.80 bits per heavy atom. The predicted octanol–water partition coefficient (Wildman–Crippen LogP) is -0.495. The normalized spacial score (nSPS) is 44.1. The lowest BCUT2D eigenvalue weighted by Crippen LogP contribution is -2.59. The van der Waals surface area contributed by atoms with Crippen molar-refractivity contribution in [1.29, 1.82) is 0 Å². The van der Waals surface area contributed by atoms with Gasteiger partial charge in [-0.05, 0) is 12.8 Å². The first kappa shape index (κ1) is 6.16. The molecule has 1 saturated carbocycles. The molecule has 2 heterocycles. The third-order valence-corrected chi connectivity index (χ3v) is 2.70. The van der Waals surface area contributed by atoms with E-state index in [1.807, 2.05) is 0 Å². The molecule has 0 aromatic rings. The molecular formula is C7H11NO2. The van der Waals surface area contributed by atoms with E-state index in [2.05, 4.69) is 5.32 Å². The Morgan fingerprint density at radius 2 is 2.40 bits per heavy atom. The summed E-state index contributed by atoms with van der Waals surface area (Å²) in [6.45, 7) is 0.905. The Kier molecular flexibility index (Phi) is 1.06. The van der Waals surface area contributed by atoms with Crippen molar-refractivity contribution in [1.82, 2.24) is 5.32 Å². The van der Waals surface area contributed by atoms with E-state index in [0.29, 0.717) is 6.54 Å². The van der Waals surface area contributed by atoms with Crippen LogP contribution in [0.2, 0.25) is 0 Å². The molecule has 3 heteroatoms.